The third-order valence-corrected chi connectivity index (χ3v) is 15.3. The first-order valence-electron chi connectivity index (χ1n) is 25.1. The average molecular weight is 982 g/mol. The first-order valence-corrected chi connectivity index (χ1v) is 25.1. The summed E-state index contributed by atoms with van der Waals surface area (Å²) in [6.07, 6.45) is 10.7. The number of aliphatic hydroxyl groups is 3. The third-order valence-electron chi connectivity index (χ3n) is 15.3. The van der Waals surface area contributed by atoms with E-state index >= 15 is 0 Å². The molecule has 1 aromatic heterocycles. The molecule has 1 aromatic rings. The Morgan fingerprint density at radius 3 is 2.30 bits per heavy atom. The van der Waals surface area contributed by atoms with Crippen LogP contribution in [0.1, 0.15) is 125 Å². The van der Waals surface area contributed by atoms with Crippen molar-refractivity contribution in [2.24, 2.45) is 35.5 Å². The SMILES string of the molecule is CO[C@H]1C[C@@H]2CC(O)[C@@H](C)[C@@](O)(O2)C(=O)C(=O)N2CCCC[C@H]2C(=O)O[C@H]([C@H](C)C[C@@H]2CC[C@H](n3cnnn3)[C@H](OC)C2)CC(=O)[C@H](C)/C=C(\C)[C@@H](O)[C@@H](OC)C(=O)[C@H](C)C[C@H](C)/C=C/C=C/C=C/1C. The number of nitrogens with zero attached hydrogens (tertiary/aromatic N) is 5. The maximum absolute atomic E-state index is 14.5. The van der Waals surface area contributed by atoms with Crippen molar-refractivity contribution in [3.8, 4) is 0 Å². The molecule has 16 atom stereocenters. The van der Waals surface area contributed by atoms with E-state index in [9.17, 15) is 39.3 Å². The number of ketones is 3. The number of methoxy groups -OCH3 is 3. The molecule has 18 nitrogen and oxygen atoms in total. The van der Waals surface area contributed by atoms with E-state index in [0.29, 0.717) is 37.7 Å². The predicted octanol–water partition coefficient (Wildman–Crippen LogP) is 5.02. The van der Waals surface area contributed by atoms with Crippen molar-refractivity contribution in [2.45, 2.75) is 180 Å². The van der Waals surface area contributed by atoms with Gasteiger partial charge in [-0.05, 0) is 105 Å². The fourth-order valence-corrected chi connectivity index (χ4v) is 10.8. The van der Waals surface area contributed by atoms with E-state index in [2.05, 4.69) is 15.5 Å². The summed E-state index contributed by atoms with van der Waals surface area (Å²) in [7, 11) is 4.54. The van der Waals surface area contributed by atoms with Gasteiger partial charge in [-0.1, -0.05) is 71.1 Å². The summed E-state index contributed by atoms with van der Waals surface area (Å²) in [6, 6.07) is -1.28. The van der Waals surface area contributed by atoms with Crippen molar-refractivity contribution in [1.82, 2.24) is 25.1 Å². The van der Waals surface area contributed by atoms with Crippen LogP contribution in [0.4, 0.5) is 0 Å². The monoisotopic (exact) mass is 982 g/mol. The Labute approximate surface area is 413 Å². The third kappa shape index (κ3) is 14.0. The summed E-state index contributed by atoms with van der Waals surface area (Å²) in [5.41, 5.74) is 1.17. The largest absolute Gasteiger partial charge is 0.460 e. The molecule has 0 radical (unpaired) electrons. The average Bonchev–Trinajstić information content (AvgIpc) is 3.88. The van der Waals surface area contributed by atoms with Crippen LogP contribution >= 0.6 is 0 Å². The molecule has 1 saturated carbocycles. The van der Waals surface area contributed by atoms with Gasteiger partial charge in [0.25, 0.3) is 11.7 Å². The highest BCUT2D eigenvalue weighted by molar-refractivity contribution is 6.39. The zero-order valence-corrected chi connectivity index (χ0v) is 42.8. The normalized spacial score (nSPS) is 39.4. The fraction of sp³-hybridized carbons (Fsp3) is 0.731. The maximum Gasteiger partial charge on any atom is 0.329 e. The number of fused-ring (bicyclic) bond motifs is 3. The number of tetrazole rings is 1. The van der Waals surface area contributed by atoms with Crippen LogP contribution in [0.15, 0.2) is 53.9 Å². The number of carbonyl (C=O) groups is 5. The molecule has 0 spiro atoms. The van der Waals surface area contributed by atoms with Crippen LogP contribution in [-0.4, -0.2) is 152 Å². The van der Waals surface area contributed by atoms with Crippen molar-refractivity contribution >= 4 is 29.2 Å². The lowest BCUT2D eigenvalue weighted by Crippen LogP contribution is -2.63. The molecule has 2 bridgehead atoms. The number of esters is 1. The number of Topliss-reactive ketones (excluding diaryl/α,β-unsaturated/α-hetero) is 3. The van der Waals surface area contributed by atoms with E-state index in [-0.39, 0.29) is 73.7 Å². The Bertz CT molecular complexity index is 2060. The van der Waals surface area contributed by atoms with E-state index in [1.165, 1.54) is 21.1 Å². The lowest BCUT2D eigenvalue weighted by atomic mass is 9.77. The first-order chi connectivity index (χ1) is 33.2. The minimum atomic E-state index is -2.71. The molecular formula is C52H79N5O13. The second-order valence-electron chi connectivity index (χ2n) is 20.5. The summed E-state index contributed by atoms with van der Waals surface area (Å²) in [4.78, 5) is 72.3. The van der Waals surface area contributed by atoms with Gasteiger partial charge in [0.15, 0.2) is 5.78 Å². The van der Waals surface area contributed by atoms with E-state index in [0.717, 1.165) is 23.3 Å². The van der Waals surface area contributed by atoms with Gasteiger partial charge < -0.3 is 43.9 Å². The Balaban J connectivity index is 1.48. The Morgan fingerprint density at radius 1 is 0.886 bits per heavy atom. The number of ether oxygens (including phenoxy) is 5. The molecule has 3 fully saturated rings. The maximum atomic E-state index is 14.5. The van der Waals surface area contributed by atoms with Crippen LogP contribution in [0.2, 0.25) is 0 Å². The summed E-state index contributed by atoms with van der Waals surface area (Å²) < 4.78 is 31.4. The number of allylic oxidation sites excluding steroid dienone is 6. The molecule has 4 heterocycles. The first kappa shape index (κ1) is 56.6. The van der Waals surface area contributed by atoms with Crippen LogP contribution < -0.4 is 0 Å². The zero-order valence-electron chi connectivity index (χ0n) is 42.8. The predicted molar refractivity (Wildman–Crippen MR) is 257 cm³/mol. The van der Waals surface area contributed by atoms with E-state index < -0.39 is 83.9 Å². The van der Waals surface area contributed by atoms with Crippen molar-refractivity contribution in [3.05, 3.63) is 53.9 Å². The molecular weight excluding hydrogens is 903 g/mol. The number of rotatable bonds is 7. The van der Waals surface area contributed by atoms with Crippen LogP contribution in [0.3, 0.4) is 0 Å². The van der Waals surface area contributed by atoms with Gasteiger partial charge in [-0.3, -0.25) is 19.2 Å². The number of aliphatic hydroxyl groups excluding tert-OH is 2. The molecule has 3 aliphatic heterocycles. The zero-order chi connectivity index (χ0) is 51.4. The van der Waals surface area contributed by atoms with E-state index in [1.807, 2.05) is 51.2 Å². The van der Waals surface area contributed by atoms with Gasteiger partial charge in [-0.25, -0.2) is 9.48 Å². The number of aromatic nitrogens is 4. The highest BCUT2D eigenvalue weighted by atomic mass is 16.6. The van der Waals surface area contributed by atoms with Gasteiger partial charge in [-0.2, -0.15) is 0 Å². The molecule has 390 valence electrons. The molecule has 3 N–H and O–H groups in total. The van der Waals surface area contributed by atoms with Crippen LogP contribution in [0.25, 0.3) is 0 Å². The summed E-state index contributed by atoms with van der Waals surface area (Å²) in [6.45, 7) is 12.4. The molecule has 1 amide bonds. The van der Waals surface area contributed by atoms with Gasteiger partial charge in [0.2, 0.25) is 5.79 Å². The summed E-state index contributed by atoms with van der Waals surface area (Å²) in [5, 5.41) is 46.4. The van der Waals surface area contributed by atoms with Crippen molar-refractivity contribution in [3.63, 3.8) is 0 Å². The van der Waals surface area contributed by atoms with E-state index in [4.69, 9.17) is 23.7 Å². The van der Waals surface area contributed by atoms with Crippen LogP contribution in [-0.2, 0) is 47.7 Å². The van der Waals surface area contributed by atoms with Gasteiger partial charge in [-0.15, -0.1) is 5.10 Å². The summed E-state index contributed by atoms with van der Waals surface area (Å²) in [5.74, 6) is -9.17. The Morgan fingerprint density at radius 2 is 1.63 bits per heavy atom. The number of carbonyl (C=O) groups excluding carboxylic acids is 5. The minimum absolute atomic E-state index is 0.00946. The second-order valence-corrected chi connectivity index (χ2v) is 20.5. The standard InChI is InChI=1S/C52H79N5O13/c1-30-16-12-11-13-17-31(2)43(66-8)27-38-26-42(59)36(7)52(65,70-38)49(62)50(63)56-21-15-14-18-40(56)51(64)69-44(33(4)24-37-19-20-39(45(25-37)67-9)57-29-53-54-55-57)28-41(58)32(3)23-35(6)47(61)48(68-10)46(60)34(5)22-30/h11-13,16-17,23,29-30,32-34,36-40,42-45,47-48,59,61,65H,14-15,18-22,24-28H2,1-10H3/b13-11+,16-12+,31-17+,35-23+/t30-,32-,33-,34-,36-,37+,38+,39+,40+,42?,43+,44+,45-,47-,48+,52-/m1/s1. The smallest absolute Gasteiger partial charge is 0.329 e. The van der Waals surface area contributed by atoms with Crippen LogP contribution in [0, 0.1) is 35.5 Å². The topological polar surface area (TPSA) is 239 Å². The quantitative estimate of drug-likeness (QED) is 0.185. The highest BCUT2D eigenvalue weighted by Crippen LogP contribution is 2.39. The number of cyclic esters (lactones) is 1. The summed E-state index contributed by atoms with van der Waals surface area (Å²) >= 11 is 0. The fourth-order valence-electron chi connectivity index (χ4n) is 10.8. The van der Waals surface area contributed by atoms with Crippen molar-refractivity contribution in [1.29, 1.82) is 0 Å². The Kier molecular flexibility index (Phi) is 20.9. The van der Waals surface area contributed by atoms with Gasteiger partial charge >= 0.3 is 5.97 Å². The van der Waals surface area contributed by atoms with Crippen molar-refractivity contribution < 1.29 is 63.0 Å². The van der Waals surface area contributed by atoms with E-state index in [1.54, 1.807) is 45.0 Å². The molecule has 5 rings (SSSR count). The lowest BCUT2D eigenvalue weighted by molar-refractivity contribution is -0.285. The molecule has 0 aromatic carbocycles. The molecule has 1 unspecified atom stereocenters. The highest BCUT2D eigenvalue weighted by Gasteiger charge is 2.56. The Hall–Kier alpha value is -4.30. The minimum Gasteiger partial charge on any atom is -0.460 e. The van der Waals surface area contributed by atoms with Gasteiger partial charge in [0.1, 0.15) is 36.5 Å². The molecule has 18 heteroatoms. The number of piperidine rings is 1. The number of hydrogen-bond acceptors (Lipinski definition) is 16. The molecule has 1 aliphatic carbocycles. The van der Waals surface area contributed by atoms with Crippen LogP contribution in [0.5, 0.6) is 0 Å². The van der Waals surface area contributed by atoms with Gasteiger partial charge in [0, 0.05) is 64.9 Å². The number of hydrogen-bond donors (Lipinski definition) is 3. The lowest BCUT2D eigenvalue weighted by Gasteiger charge is -2.44. The number of amides is 1. The molecule has 70 heavy (non-hydrogen) atoms. The van der Waals surface area contributed by atoms with Gasteiger partial charge in [0.05, 0.1) is 30.5 Å². The molecule has 4 aliphatic rings. The van der Waals surface area contributed by atoms with Crippen molar-refractivity contribution in [2.75, 3.05) is 27.9 Å². The second kappa shape index (κ2) is 25.9. The molecule has 2 saturated heterocycles.